The Morgan fingerprint density at radius 1 is 1.29 bits per heavy atom. The van der Waals surface area contributed by atoms with Gasteiger partial charge in [0.1, 0.15) is 5.75 Å². The standard InChI is InChI=1S/C18H26ClN3O2/c19-15-7-5-6-14-16(8-13-24-17(14)15)21-18(23)20-9-1-2-10-22-11-3-4-12-22/h5-7,16H,1-4,8-13H2,(H2,20,21,23)/t16-/m0/s1. The zero-order chi connectivity index (χ0) is 16.8. The van der Waals surface area contributed by atoms with Gasteiger partial charge in [0.25, 0.3) is 0 Å². The van der Waals surface area contributed by atoms with Crippen LogP contribution in [0.1, 0.15) is 43.7 Å². The van der Waals surface area contributed by atoms with E-state index in [1.165, 1.54) is 25.9 Å². The van der Waals surface area contributed by atoms with Crippen LogP contribution in [0.2, 0.25) is 5.02 Å². The minimum Gasteiger partial charge on any atom is -0.492 e. The van der Waals surface area contributed by atoms with Crippen molar-refractivity contribution in [3.05, 3.63) is 28.8 Å². The van der Waals surface area contributed by atoms with E-state index in [0.717, 1.165) is 31.4 Å². The summed E-state index contributed by atoms with van der Waals surface area (Å²) in [4.78, 5) is 14.6. The van der Waals surface area contributed by atoms with Gasteiger partial charge in [0.05, 0.1) is 17.7 Å². The third kappa shape index (κ3) is 4.54. The minimum absolute atomic E-state index is 0.0444. The molecule has 1 aromatic rings. The lowest BCUT2D eigenvalue weighted by Crippen LogP contribution is -2.40. The van der Waals surface area contributed by atoms with Crippen LogP contribution < -0.4 is 15.4 Å². The maximum absolute atomic E-state index is 12.1. The first-order valence-corrected chi connectivity index (χ1v) is 9.30. The summed E-state index contributed by atoms with van der Waals surface area (Å²) >= 11 is 6.16. The predicted octanol–water partition coefficient (Wildman–Crippen LogP) is 3.34. The van der Waals surface area contributed by atoms with Crippen LogP contribution in [0.4, 0.5) is 4.79 Å². The summed E-state index contributed by atoms with van der Waals surface area (Å²) in [7, 11) is 0. The topological polar surface area (TPSA) is 53.6 Å². The Bertz CT molecular complexity index is 561. The van der Waals surface area contributed by atoms with Gasteiger partial charge in [-0.05, 0) is 51.4 Å². The van der Waals surface area contributed by atoms with Crippen molar-refractivity contribution in [3.8, 4) is 5.75 Å². The maximum Gasteiger partial charge on any atom is 0.315 e. The van der Waals surface area contributed by atoms with Crippen LogP contribution in [0, 0.1) is 0 Å². The number of carbonyl (C=O) groups is 1. The lowest BCUT2D eigenvalue weighted by Gasteiger charge is -2.27. The first kappa shape index (κ1) is 17.4. The van der Waals surface area contributed by atoms with Crippen LogP contribution in [-0.4, -0.2) is 43.7 Å². The maximum atomic E-state index is 12.1. The van der Waals surface area contributed by atoms with Crippen molar-refractivity contribution in [2.45, 2.75) is 38.1 Å². The van der Waals surface area contributed by atoms with Crippen LogP contribution in [0.15, 0.2) is 18.2 Å². The van der Waals surface area contributed by atoms with Crippen molar-refractivity contribution in [1.29, 1.82) is 0 Å². The van der Waals surface area contributed by atoms with Gasteiger partial charge in [-0.15, -0.1) is 0 Å². The van der Waals surface area contributed by atoms with E-state index < -0.39 is 0 Å². The van der Waals surface area contributed by atoms with Crippen molar-refractivity contribution >= 4 is 17.6 Å². The Morgan fingerprint density at radius 2 is 2.12 bits per heavy atom. The number of halogens is 1. The highest BCUT2D eigenvalue weighted by molar-refractivity contribution is 6.32. The average molecular weight is 352 g/mol. The van der Waals surface area contributed by atoms with E-state index in [-0.39, 0.29) is 12.1 Å². The van der Waals surface area contributed by atoms with Crippen LogP contribution in [0.3, 0.4) is 0 Å². The molecule has 2 amide bonds. The third-order valence-electron chi connectivity index (χ3n) is 4.72. The summed E-state index contributed by atoms with van der Waals surface area (Å²) in [6, 6.07) is 5.50. The fraction of sp³-hybridized carbons (Fsp3) is 0.611. The Hall–Kier alpha value is -1.46. The smallest absolute Gasteiger partial charge is 0.315 e. The molecule has 2 N–H and O–H groups in total. The SMILES string of the molecule is O=C(NCCCCN1CCCC1)N[C@H]1CCOc2c(Cl)cccc21. The van der Waals surface area contributed by atoms with Gasteiger partial charge in [0, 0.05) is 18.5 Å². The quantitative estimate of drug-likeness (QED) is 0.773. The number of benzene rings is 1. The number of nitrogens with zero attached hydrogens (tertiary/aromatic N) is 1. The zero-order valence-corrected chi connectivity index (χ0v) is 14.8. The number of urea groups is 1. The predicted molar refractivity (Wildman–Crippen MR) is 95.7 cm³/mol. The van der Waals surface area contributed by atoms with Crippen molar-refractivity contribution < 1.29 is 9.53 Å². The molecule has 1 saturated heterocycles. The molecule has 2 heterocycles. The van der Waals surface area contributed by atoms with Crippen molar-refractivity contribution in [1.82, 2.24) is 15.5 Å². The number of hydrogen-bond donors (Lipinski definition) is 2. The molecule has 1 atom stereocenters. The Labute approximate surface area is 148 Å². The highest BCUT2D eigenvalue weighted by Gasteiger charge is 2.24. The number of para-hydroxylation sites is 1. The lowest BCUT2D eigenvalue weighted by molar-refractivity contribution is 0.223. The molecule has 3 rings (SSSR count). The van der Waals surface area contributed by atoms with Crippen LogP contribution in [0.5, 0.6) is 5.75 Å². The molecule has 6 heteroatoms. The normalized spacial score (nSPS) is 20.3. The van der Waals surface area contributed by atoms with Gasteiger partial charge < -0.3 is 20.3 Å². The van der Waals surface area contributed by atoms with Gasteiger partial charge in [-0.1, -0.05) is 23.7 Å². The summed E-state index contributed by atoms with van der Waals surface area (Å²) in [5.41, 5.74) is 0.956. The van der Waals surface area contributed by atoms with Gasteiger partial charge in [-0.2, -0.15) is 0 Å². The number of rotatable bonds is 6. The van der Waals surface area contributed by atoms with Crippen molar-refractivity contribution in [2.24, 2.45) is 0 Å². The van der Waals surface area contributed by atoms with E-state index in [0.29, 0.717) is 23.9 Å². The fourth-order valence-electron chi connectivity index (χ4n) is 3.41. The highest BCUT2D eigenvalue weighted by atomic mass is 35.5. The molecular weight excluding hydrogens is 326 g/mol. The second-order valence-corrected chi connectivity index (χ2v) is 6.91. The minimum atomic E-state index is -0.117. The van der Waals surface area contributed by atoms with Gasteiger partial charge in [-0.25, -0.2) is 4.79 Å². The Morgan fingerprint density at radius 3 is 2.96 bits per heavy atom. The molecule has 0 radical (unpaired) electrons. The zero-order valence-electron chi connectivity index (χ0n) is 14.0. The molecule has 0 bridgehead atoms. The van der Waals surface area contributed by atoms with E-state index in [1.807, 2.05) is 18.2 Å². The second-order valence-electron chi connectivity index (χ2n) is 6.50. The molecule has 5 nitrogen and oxygen atoms in total. The molecule has 1 fully saturated rings. The summed E-state index contributed by atoms with van der Waals surface area (Å²) in [5.74, 6) is 0.696. The van der Waals surface area contributed by atoms with Gasteiger partial charge in [0.2, 0.25) is 0 Å². The van der Waals surface area contributed by atoms with Crippen LogP contribution in [-0.2, 0) is 0 Å². The molecule has 0 spiro atoms. The Balaban J connectivity index is 1.39. The number of unbranched alkanes of at least 4 members (excludes halogenated alkanes) is 1. The third-order valence-corrected chi connectivity index (χ3v) is 5.01. The fourth-order valence-corrected chi connectivity index (χ4v) is 3.65. The number of hydrogen-bond acceptors (Lipinski definition) is 3. The number of carbonyl (C=O) groups excluding carboxylic acids is 1. The first-order chi connectivity index (χ1) is 11.7. The van der Waals surface area contributed by atoms with Gasteiger partial charge in [-0.3, -0.25) is 0 Å². The number of ether oxygens (including phenoxy) is 1. The number of likely N-dealkylation sites (tertiary alicyclic amines) is 1. The molecule has 2 aliphatic rings. The average Bonchev–Trinajstić information content (AvgIpc) is 3.09. The first-order valence-electron chi connectivity index (χ1n) is 8.92. The molecule has 132 valence electrons. The van der Waals surface area contributed by atoms with E-state index in [2.05, 4.69) is 15.5 Å². The highest BCUT2D eigenvalue weighted by Crippen LogP contribution is 2.37. The molecule has 0 aromatic heterocycles. The van der Waals surface area contributed by atoms with Crippen molar-refractivity contribution in [2.75, 3.05) is 32.8 Å². The van der Waals surface area contributed by atoms with E-state index >= 15 is 0 Å². The molecule has 1 aromatic carbocycles. The number of nitrogens with one attached hydrogen (secondary N) is 2. The molecule has 0 aliphatic carbocycles. The largest absolute Gasteiger partial charge is 0.492 e. The number of amides is 2. The molecule has 24 heavy (non-hydrogen) atoms. The van der Waals surface area contributed by atoms with Crippen LogP contribution >= 0.6 is 11.6 Å². The molecule has 0 unspecified atom stereocenters. The van der Waals surface area contributed by atoms with E-state index in [1.54, 1.807) is 0 Å². The molecule has 2 aliphatic heterocycles. The van der Waals surface area contributed by atoms with E-state index in [9.17, 15) is 4.79 Å². The van der Waals surface area contributed by atoms with Gasteiger partial charge in [0.15, 0.2) is 0 Å². The van der Waals surface area contributed by atoms with Crippen LogP contribution in [0.25, 0.3) is 0 Å². The summed E-state index contributed by atoms with van der Waals surface area (Å²) in [5, 5.41) is 6.59. The summed E-state index contributed by atoms with van der Waals surface area (Å²) < 4.78 is 5.62. The Kier molecular flexibility index (Phi) is 6.21. The molecular formula is C18H26ClN3O2. The monoisotopic (exact) mass is 351 g/mol. The summed E-state index contributed by atoms with van der Waals surface area (Å²) in [6.07, 6.45) is 5.57. The molecule has 0 saturated carbocycles. The number of fused-ring (bicyclic) bond motifs is 1. The van der Waals surface area contributed by atoms with Crippen molar-refractivity contribution in [3.63, 3.8) is 0 Å². The lowest BCUT2D eigenvalue weighted by atomic mass is 10.0. The van der Waals surface area contributed by atoms with E-state index in [4.69, 9.17) is 16.3 Å². The van der Waals surface area contributed by atoms with Gasteiger partial charge >= 0.3 is 6.03 Å². The second kappa shape index (κ2) is 8.58. The summed E-state index contributed by atoms with van der Waals surface area (Å²) in [6.45, 7) is 4.90.